The number of pyridine rings is 1. The molecule has 8 heteroatoms. The maximum absolute atomic E-state index is 12.8. The monoisotopic (exact) mass is 450 g/mol. The van der Waals surface area contributed by atoms with Crippen molar-refractivity contribution >= 4 is 31.8 Å². The molecule has 1 saturated heterocycles. The highest BCUT2D eigenvalue weighted by molar-refractivity contribution is 7.88. The van der Waals surface area contributed by atoms with Crippen LogP contribution >= 0.6 is 0 Å². The Morgan fingerprint density at radius 2 is 1.69 bits per heavy atom. The van der Waals surface area contributed by atoms with Crippen molar-refractivity contribution in [3.8, 4) is 11.3 Å². The van der Waals surface area contributed by atoms with E-state index in [0.717, 1.165) is 47.1 Å². The molecule has 4 aromatic rings. The van der Waals surface area contributed by atoms with Gasteiger partial charge in [-0.15, -0.1) is 0 Å². The van der Waals surface area contributed by atoms with E-state index in [0.29, 0.717) is 18.7 Å². The molecule has 0 atom stereocenters. The molecule has 166 valence electrons. The van der Waals surface area contributed by atoms with Crippen LogP contribution < -0.4 is 5.56 Å². The van der Waals surface area contributed by atoms with Crippen molar-refractivity contribution in [1.29, 1.82) is 0 Å². The summed E-state index contributed by atoms with van der Waals surface area (Å²) >= 11 is 0. The van der Waals surface area contributed by atoms with E-state index in [-0.39, 0.29) is 5.56 Å². The van der Waals surface area contributed by atoms with Gasteiger partial charge in [0.25, 0.3) is 5.56 Å². The summed E-state index contributed by atoms with van der Waals surface area (Å²) in [6.45, 7) is 3.27. The lowest BCUT2D eigenvalue weighted by molar-refractivity contribution is 0.182. The van der Waals surface area contributed by atoms with Crippen molar-refractivity contribution in [2.24, 2.45) is 7.05 Å². The molecule has 0 saturated carbocycles. The Balaban J connectivity index is 1.43. The molecule has 0 bridgehead atoms. The fourth-order valence-electron chi connectivity index (χ4n) is 4.57. The molecule has 2 aromatic heterocycles. The number of para-hydroxylation sites is 1. The summed E-state index contributed by atoms with van der Waals surface area (Å²) < 4.78 is 27.0. The van der Waals surface area contributed by atoms with Gasteiger partial charge in [-0.3, -0.25) is 9.69 Å². The predicted octanol–water partition coefficient (Wildman–Crippen LogP) is 2.76. The Bertz CT molecular complexity index is 1480. The van der Waals surface area contributed by atoms with Crippen LogP contribution in [-0.2, 0) is 23.6 Å². The maximum Gasteiger partial charge on any atom is 0.257 e. The minimum Gasteiger partial charge on any atom is -0.343 e. The van der Waals surface area contributed by atoms with E-state index in [9.17, 15) is 13.2 Å². The topological polar surface area (TPSA) is 78.4 Å². The standard InChI is InChI=1S/C24H26N4O3S/c1-26-22-8-7-17(16-27-9-11-28(12-10-27)32(2,30)31)13-19(22)15-23(26)20-14-18-5-3-4-6-21(18)25-24(20)29/h3-8,13-15H,9-12,16H2,1-2H3,(H,25,29). The summed E-state index contributed by atoms with van der Waals surface area (Å²) in [6, 6.07) is 18.2. The quantitative estimate of drug-likeness (QED) is 0.519. The Labute approximate surface area is 186 Å². The third kappa shape index (κ3) is 3.85. The average Bonchev–Trinajstić information content (AvgIpc) is 3.08. The molecule has 0 amide bonds. The molecule has 1 aliphatic rings. The summed E-state index contributed by atoms with van der Waals surface area (Å²) in [5.41, 5.74) is 4.51. The molecule has 0 aliphatic carbocycles. The summed E-state index contributed by atoms with van der Waals surface area (Å²) in [6.07, 6.45) is 1.27. The number of piperazine rings is 1. The molecule has 32 heavy (non-hydrogen) atoms. The highest BCUT2D eigenvalue weighted by atomic mass is 32.2. The van der Waals surface area contributed by atoms with Crippen LogP contribution in [0, 0.1) is 0 Å². The predicted molar refractivity (Wildman–Crippen MR) is 128 cm³/mol. The van der Waals surface area contributed by atoms with Crippen LogP contribution in [-0.4, -0.2) is 59.6 Å². The molecule has 1 aliphatic heterocycles. The fraction of sp³-hybridized carbons (Fsp3) is 0.292. The van der Waals surface area contributed by atoms with Crippen LogP contribution in [0.25, 0.3) is 33.1 Å². The summed E-state index contributed by atoms with van der Waals surface area (Å²) in [4.78, 5) is 18.0. The molecule has 0 spiro atoms. The summed E-state index contributed by atoms with van der Waals surface area (Å²) in [5.74, 6) is 0. The highest BCUT2D eigenvalue weighted by Gasteiger charge is 2.23. The molecule has 1 fully saturated rings. The number of nitrogens with zero attached hydrogens (tertiary/aromatic N) is 3. The van der Waals surface area contributed by atoms with Crippen molar-refractivity contribution in [1.82, 2.24) is 18.8 Å². The lowest BCUT2D eigenvalue weighted by Gasteiger charge is -2.33. The number of H-pyrrole nitrogens is 1. The van der Waals surface area contributed by atoms with Crippen molar-refractivity contribution in [2.45, 2.75) is 6.54 Å². The number of aromatic nitrogens is 2. The van der Waals surface area contributed by atoms with Crippen molar-refractivity contribution in [3.05, 3.63) is 70.5 Å². The van der Waals surface area contributed by atoms with Gasteiger partial charge in [-0.2, -0.15) is 4.31 Å². The van der Waals surface area contributed by atoms with Gasteiger partial charge in [0.1, 0.15) is 0 Å². The highest BCUT2D eigenvalue weighted by Crippen LogP contribution is 2.28. The van der Waals surface area contributed by atoms with Crippen LogP contribution in [0.2, 0.25) is 0 Å². The molecular formula is C24H26N4O3S. The van der Waals surface area contributed by atoms with Crippen molar-refractivity contribution < 1.29 is 8.42 Å². The molecule has 3 heterocycles. The second-order valence-corrected chi connectivity index (χ2v) is 10.5. The van der Waals surface area contributed by atoms with E-state index < -0.39 is 10.0 Å². The zero-order valence-electron chi connectivity index (χ0n) is 18.2. The SMILES string of the molecule is Cn1c(-c2cc3ccccc3[nH]c2=O)cc2cc(CN3CCN(S(C)(=O)=O)CC3)ccc21. The number of hydrogen-bond acceptors (Lipinski definition) is 4. The van der Waals surface area contributed by atoms with E-state index in [1.807, 2.05) is 37.4 Å². The van der Waals surface area contributed by atoms with Crippen molar-refractivity contribution in [3.63, 3.8) is 0 Å². The lowest BCUT2D eigenvalue weighted by atomic mass is 10.1. The lowest BCUT2D eigenvalue weighted by Crippen LogP contribution is -2.47. The van der Waals surface area contributed by atoms with E-state index in [2.05, 4.69) is 38.7 Å². The molecular weight excluding hydrogens is 424 g/mol. The second-order valence-electron chi connectivity index (χ2n) is 8.52. The molecule has 0 radical (unpaired) electrons. The molecule has 0 unspecified atom stereocenters. The van der Waals surface area contributed by atoms with Crippen LogP contribution in [0.15, 0.2) is 59.4 Å². The van der Waals surface area contributed by atoms with Crippen LogP contribution in [0.4, 0.5) is 0 Å². The average molecular weight is 451 g/mol. The number of benzene rings is 2. The third-order valence-corrected chi connectivity index (χ3v) is 7.65. The number of sulfonamides is 1. The first-order chi connectivity index (χ1) is 15.3. The number of aromatic amines is 1. The van der Waals surface area contributed by atoms with Crippen LogP contribution in [0.5, 0.6) is 0 Å². The zero-order valence-corrected chi connectivity index (χ0v) is 19.0. The van der Waals surface area contributed by atoms with E-state index >= 15 is 0 Å². The normalized spacial score (nSPS) is 16.2. The Morgan fingerprint density at radius 3 is 2.44 bits per heavy atom. The van der Waals surface area contributed by atoms with Gasteiger partial charge < -0.3 is 9.55 Å². The van der Waals surface area contributed by atoms with Crippen LogP contribution in [0.3, 0.4) is 0 Å². The van der Waals surface area contributed by atoms with Gasteiger partial charge in [0, 0.05) is 56.2 Å². The molecule has 1 N–H and O–H groups in total. The smallest absolute Gasteiger partial charge is 0.257 e. The van der Waals surface area contributed by atoms with Gasteiger partial charge in [-0.05, 0) is 41.3 Å². The van der Waals surface area contributed by atoms with Crippen molar-refractivity contribution in [2.75, 3.05) is 32.4 Å². The maximum atomic E-state index is 12.8. The number of fused-ring (bicyclic) bond motifs is 2. The van der Waals surface area contributed by atoms with Gasteiger partial charge in [-0.1, -0.05) is 24.3 Å². The number of rotatable bonds is 4. The fourth-order valence-corrected chi connectivity index (χ4v) is 5.40. The molecule has 5 rings (SSSR count). The Morgan fingerprint density at radius 1 is 0.938 bits per heavy atom. The minimum absolute atomic E-state index is 0.0985. The number of hydrogen-bond donors (Lipinski definition) is 1. The summed E-state index contributed by atoms with van der Waals surface area (Å²) in [7, 11) is -1.14. The van der Waals surface area contributed by atoms with E-state index in [1.165, 1.54) is 16.1 Å². The first kappa shape index (κ1) is 20.9. The zero-order chi connectivity index (χ0) is 22.5. The minimum atomic E-state index is -3.12. The van der Waals surface area contributed by atoms with Gasteiger partial charge in [0.2, 0.25) is 10.0 Å². The summed E-state index contributed by atoms with van der Waals surface area (Å²) in [5, 5.41) is 2.09. The van der Waals surface area contributed by atoms with Gasteiger partial charge in [0.05, 0.1) is 17.5 Å². The number of aryl methyl sites for hydroxylation is 1. The van der Waals surface area contributed by atoms with Gasteiger partial charge in [-0.25, -0.2) is 8.42 Å². The molecule has 7 nitrogen and oxygen atoms in total. The van der Waals surface area contributed by atoms with E-state index in [4.69, 9.17) is 0 Å². The van der Waals surface area contributed by atoms with Gasteiger partial charge >= 0.3 is 0 Å². The first-order valence-corrected chi connectivity index (χ1v) is 12.5. The van der Waals surface area contributed by atoms with Crippen LogP contribution in [0.1, 0.15) is 5.56 Å². The first-order valence-electron chi connectivity index (χ1n) is 10.7. The second kappa shape index (κ2) is 7.88. The van der Waals surface area contributed by atoms with Gasteiger partial charge in [0.15, 0.2) is 0 Å². The molecule has 2 aromatic carbocycles. The largest absolute Gasteiger partial charge is 0.343 e. The Kier molecular flexibility index (Phi) is 5.16. The number of nitrogens with one attached hydrogen (secondary N) is 1. The van der Waals surface area contributed by atoms with E-state index in [1.54, 1.807) is 0 Å². The third-order valence-electron chi connectivity index (χ3n) is 6.34. The Hall–Kier alpha value is -2.94.